The number of rotatable bonds is 4. The molecule has 1 amide bonds. The predicted octanol–water partition coefficient (Wildman–Crippen LogP) is 3.76. The molecule has 8 nitrogen and oxygen atoms in total. The van der Waals surface area contributed by atoms with Crippen LogP contribution in [0, 0.1) is 0 Å². The number of hydrogen-bond donors (Lipinski definition) is 1. The monoisotopic (exact) mass is 445 g/mol. The van der Waals surface area contributed by atoms with Crippen LogP contribution in [0.25, 0.3) is 11.4 Å². The molecule has 1 N–H and O–H groups in total. The molecule has 4 rings (SSSR count). The zero-order chi connectivity index (χ0) is 22.9. The summed E-state index contributed by atoms with van der Waals surface area (Å²) in [5.74, 6) is 0.931. The lowest BCUT2D eigenvalue weighted by Gasteiger charge is -2.31. The lowest BCUT2D eigenvalue weighted by Crippen LogP contribution is -2.36. The van der Waals surface area contributed by atoms with E-state index in [1.807, 2.05) is 0 Å². The SMILES string of the molecule is CC(=O)N1CCC(c2cc(Nc3cc(C(F)(F)F)ccn3)nc(-c3cnn(C)c3)n2)CC1. The first kappa shape index (κ1) is 21.7. The summed E-state index contributed by atoms with van der Waals surface area (Å²) in [5, 5.41) is 7.04. The van der Waals surface area contributed by atoms with E-state index in [0.29, 0.717) is 30.3 Å². The molecule has 1 saturated heterocycles. The minimum Gasteiger partial charge on any atom is -0.343 e. The van der Waals surface area contributed by atoms with Crippen LogP contribution in [-0.2, 0) is 18.0 Å². The van der Waals surface area contributed by atoms with Gasteiger partial charge in [-0.15, -0.1) is 0 Å². The van der Waals surface area contributed by atoms with Crippen LogP contribution in [-0.4, -0.2) is 48.6 Å². The Bertz CT molecular complexity index is 1120. The zero-order valence-electron chi connectivity index (χ0n) is 17.6. The summed E-state index contributed by atoms with van der Waals surface area (Å²) in [6.07, 6.45) is 1.51. The van der Waals surface area contributed by atoms with Crippen molar-refractivity contribution in [2.24, 2.45) is 7.05 Å². The zero-order valence-corrected chi connectivity index (χ0v) is 17.6. The molecule has 1 aliphatic heterocycles. The van der Waals surface area contributed by atoms with E-state index in [9.17, 15) is 18.0 Å². The Balaban J connectivity index is 1.66. The Kier molecular flexibility index (Phi) is 5.81. The van der Waals surface area contributed by atoms with Crippen molar-refractivity contribution in [3.8, 4) is 11.4 Å². The Morgan fingerprint density at radius 2 is 1.91 bits per heavy atom. The van der Waals surface area contributed by atoms with Crippen molar-refractivity contribution in [1.82, 2.24) is 29.6 Å². The number of carbonyl (C=O) groups is 1. The van der Waals surface area contributed by atoms with Gasteiger partial charge in [-0.2, -0.15) is 18.3 Å². The largest absolute Gasteiger partial charge is 0.416 e. The van der Waals surface area contributed by atoms with Crippen LogP contribution < -0.4 is 5.32 Å². The molecule has 4 heterocycles. The molecule has 0 spiro atoms. The third-order valence-electron chi connectivity index (χ3n) is 5.41. The summed E-state index contributed by atoms with van der Waals surface area (Å²) in [6.45, 7) is 2.81. The van der Waals surface area contributed by atoms with Gasteiger partial charge in [-0.3, -0.25) is 9.48 Å². The molecule has 0 unspecified atom stereocenters. The molecular weight excluding hydrogens is 423 g/mol. The van der Waals surface area contributed by atoms with Gasteiger partial charge in [-0.1, -0.05) is 0 Å². The van der Waals surface area contributed by atoms with Crippen molar-refractivity contribution in [1.29, 1.82) is 0 Å². The summed E-state index contributed by atoms with van der Waals surface area (Å²) in [7, 11) is 1.77. The first-order chi connectivity index (χ1) is 15.2. The topological polar surface area (TPSA) is 88.8 Å². The highest BCUT2D eigenvalue weighted by atomic mass is 19.4. The first-order valence-corrected chi connectivity index (χ1v) is 10.1. The van der Waals surface area contributed by atoms with Crippen LogP contribution in [0.2, 0.25) is 0 Å². The normalized spacial score (nSPS) is 15.1. The summed E-state index contributed by atoms with van der Waals surface area (Å²) >= 11 is 0. The summed E-state index contributed by atoms with van der Waals surface area (Å²) in [6, 6.07) is 3.59. The number of aromatic nitrogens is 5. The number of alkyl halides is 3. The van der Waals surface area contributed by atoms with Gasteiger partial charge >= 0.3 is 6.18 Å². The standard InChI is InChI=1S/C21H22F3N7O/c1-13(32)31-7-4-14(5-8-31)17-10-19(29-20(27-17)15-11-26-30(2)12-15)28-18-9-16(3-6-25-18)21(22,23)24/h3,6,9-12,14H,4-5,7-8H2,1-2H3,(H,25,27,28,29). The Labute approximate surface area is 182 Å². The molecule has 0 atom stereocenters. The van der Waals surface area contributed by atoms with Crippen molar-refractivity contribution in [3.05, 3.63) is 48.0 Å². The fourth-order valence-electron chi connectivity index (χ4n) is 3.70. The second-order valence-corrected chi connectivity index (χ2v) is 7.74. The second kappa shape index (κ2) is 8.56. The van der Waals surface area contributed by atoms with Crippen molar-refractivity contribution < 1.29 is 18.0 Å². The van der Waals surface area contributed by atoms with Crippen molar-refractivity contribution in [2.75, 3.05) is 18.4 Å². The number of nitrogens with one attached hydrogen (secondary N) is 1. The minimum absolute atomic E-state index is 0.0352. The van der Waals surface area contributed by atoms with Crippen molar-refractivity contribution >= 4 is 17.5 Å². The molecule has 3 aromatic rings. The van der Waals surface area contributed by atoms with Crippen LogP contribution in [0.1, 0.15) is 36.9 Å². The molecule has 32 heavy (non-hydrogen) atoms. The van der Waals surface area contributed by atoms with Gasteiger partial charge in [0.1, 0.15) is 11.6 Å². The van der Waals surface area contributed by atoms with Gasteiger partial charge in [0.05, 0.1) is 17.3 Å². The van der Waals surface area contributed by atoms with Gasteiger partial charge in [0.15, 0.2) is 5.82 Å². The third kappa shape index (κ3) is 4.87. The fraction of sp³-hybridized carbons (Fsp3) is 0.381. The molecule has 0 aromatic carbocycles. The Morgan fingerprint density at radius 1 is 1.16 bits per heavy atom. The average molecular weight is 445 g/mol. The van der Waals surface area contributed by atoms with E-state index >= 15 is 0 Å². The van der Waals surface area contributed by atoms with Gasteiger partial charge in [0, 0.05) is 57.1 Å². The number of halogens is 3. The molecule has 1 fully saturated rings. The van der Waals surface area contributed by atoms with Gasteiger partial charge in [0.25, 0.3) is 0 Å². The van der Waals surface area contributed by atoms with E-state index in [-0.39, 0.29) is 17.6 Å². The quantitative estimate of drug-likeness (QED) is 0.658. The van der Waals surface area contributed by atoms with E-state index in [0.717, 1.165) is 36.9 Å². The minimum atomic E-state index is -4.47. The average Bonchev–Trinajstić information content (AvgIpc) is 3.19. The van der Waals surface area contributed by atoms with Crippen LogP contribution >= 0.6 is 0 Å². The van der Waals surface area contributed by atoms with Crippen LogP contribution in [0.4, 0.5) is 24.8 Å². The molecule has 3 aromatic heterocycles. The molecule has 0 radical (unpaired) electrons. The summed E-state index contributed by atoms with van der Waals surface area (Å²) < 4.78 is 40.8. The number of pyridine rings is 1. The Morgan fingerprint density at radius 3 is 2.53 bits per heavy atom. The summed E-state index contributed by atoms with van der Waals surface area (Å²) in [4.78, 5) is 26.6. The molecule has 168 valence electrons. The van der Waals surface area contributed by atoms with Gasteiger partial charge in [0.2, 0.25) is 5.91 Å². The Hall–Kier alpha value is -3.50. The maximum atomic E-state index is 13.1. The van der Waals surface area contributed by atoms with Crippen molar-refractivity contribution in [3.63, 3.8) is 0 Å². The number of amides is 1. The smallest absolute Gasteiger partial charge is 0.343 e. The molecule has 0 bridgehead atoms. The predicted molar refractivity (Wildman–Crippen MR) is 111 cm³/mol. The fourth-order valence-corrected chi connectivity index (χ4v) is 3.70. The molecule has 11 heteroatoms. The molecular formula is C21H22F3N7O. The number of anilines is 2. The molecule has 1 aliphatic rings. The molecule has 0 saturated carbocycles. The lowest BCUT2D eigenvalue weighted by molar-refractivity contribution is -0.137. The highest BCUT2D eigenvalue weighted by Gasteiger charge is 2.31. The van der Waals surface area contributed by atoms with E-state index < -0.39 is 11.7 Å². The third-order valence-corrected chi connectivity index (χ3v) is 5.41. The number of nitrogens with zero attached hydrogens (tertiary/aromatic N) is 6. The number of piperidine rings is 1. The van der Waals surface area contributed by atoms with Crippen LogP contribution in [0.5, 0.6) is 0 Å². The van der Waals surface area contributed by atoms with Crippen molar-refractivity contribution in [2.45, 2.75) is 31.9 Å². The second-order valence-electron chi connectivity index (χ2n) is 7.74. The first-order valence-electron chi connectivity index (χ1n) is 10.1. The van der Waals surface area contributed by atoms with Gasteiger partial charge < -0.3 is 10.2 Å². The number of hydrogen-bond acceptors (Lipinski definition) is 6. The van der Waals surface area contributed by atoms with Gasteiger partial charge in [-0.05, 0) is 25.0 Å². The number of aryl methyl sites for hydroxylation is 1. The van der Waals surface area contributed by atoms with E-state index in [4.69, 9.17) is 4.98 Å². The van der Waals surface area contributed by atoms with Crippen LogP contribution in [0.3, 0.4) is 0 Å². The highest BCUT2D eigenvalue weighted by molar-refractivity contribution is 5.73. The highest BCUT2D eigenvalue weighted by Crippen LogP contribution is 2.32. The maximum absolute atomic E-state index is 13.1. The van der Waals surface area contributed by atoms with E-state index in [2.05, 4.69) is 20.4 Å². The summed E-state index contributed by atoms with van der Waals surface area (Å²) in [5.41, 5.74) is 0.653. The molecule has 0 aliphatic carbocycles. The lowest BCUT2D eigenvalue weighted by atomic mass is 9.93. The van der Waals surface area contributed by atoms with Crippen LogP contribution in [0.15, 0.2) is 36.8 Å². The maximum Gasteiger partial charge on any atom is 0.416 e. The number of likely N-dealkylation sites (tertiary alicyclic amines) is 1. The van der Waals surface area contributed by atoms with Gasteiger partial charge in [-0.25, -0.2) is 15.0 Å². The number of carbonyl (C=O) groups excluding carboxylic acids is 1. The van der Waals surface area contributed by atoms with E-state index in [1.54, 1.807) is 42.0 Å². The van der Waals surface area contributed by atoms with E-state index in [1.165, 1.54) is 0 Å².